The first-order chi connectivity index (χ1) is 9.33. The van der Waals surface area contributed by atoms with Crippen LogP contribution in [-0.2, 0) is 9.84 Å². The summed E-state index contributed by atoms with van der Waals surface area (Å²) < 4.78 is 49.3. The standard InChI is InChI=1S/C14H21F2NO2S/c1-3-8-17-14(5-4-9-20(2,18)19)12-10-11(15)6-7-13(12)16/h6-7,10,14,17H,3-5,8-9H2,1-2H3. The highest BCUT2D eigenvalue weighted by atomic mass is 32.2. The summed E-state index contributed by atoms with van der Waals surface area (Å²) >= 11 is 0. The fraction of sp³-hybridized carbons (Fsp3) is 0.571. The normalized spacial score (nSPS) is 13.4. The average molecular weight is 305 g/mol. The summed E-state index contributed by atoms with van der Waals surface area (Å²) in [5, 5.41) is 3.14. The smallest absolute Gasteiger partial charge is 0.147 e. The largest absolute Gasteiger partial charge is 0.310 e. The number of sulfone groups is 1. The van der Waals surface area contributed by atoms with Crippen LogP contribution in [-0.4, -0.2) is 27.0 Å². The number of nitrogens with one attached hydrogen (secondary N) is 1. The summed E-state index contributed by atoms with van der Waals surface area (Å²) in [6.07, 6.45) is 2.90. The lowest BCUT2D eigenvalue weighted by Gasteiger charge is -2.19. The molecular formula is C14H21F2NO2S. The monoisotopic (exact) mass is 305 g/mol. The third-order valence-electron chi connectivity index (χ3n) is 2.98. The molecule has 6 heteroatoms. The number of halogens is 2. The van der Waals surface area contributed by atoms with E-state index in [4.69, 9.17) is 0 Å². The molecule has 1 unspecified atom stereocenters. The number of rotatable bonds is 8. The molecule has 0 saturated heterocycles. The molecule has 0 aliphatic carbocycles. The second kappa shape index (κ2) is 7.69. The van der Waals surface area contributed by atoms with Gasteiger partial charge in [-0.05, 0) is 44.0 Å². The van der Waals surface area contributed by atoms with E-state index in [2.05, 4.69) is 5.32 Å². The van der Waals surface area contributed by atoms with Gasteiger partial charge in [-0.3, -0.25) is 0 Å². The summed E-state index contributed by atoms with van der Waals surface area (Å²) in [5.74, 6) is -0.916. The van der Waals surface area contributed by atoms with Gasteiger partial charge in [0.1, 0.15) is 21.5 Å². The van der Waals surface area contributed by atoms with E-state index in [9.17, 15) is 17.2 Å². The molecule has 0 spiro atoms. The van der Waals surface area contributed by atoms with Crippen LogP contribution in [0.3, 0.4) is 0 Å². The maximum Gasteiger partial charge on any atom is 0.147 e. The van der Waals surface area contributed by atoms with Crippen molar-refractivity contribution in [1.82, 2.24) is 5.32 Å². The summed E-state index contributed by atoms with van der Waals surface area (Å²) in [7, 11) is -3.04. The summed E-state index contributed by atoms with van der Waals surface area (Å²) in [4.78, 5) is 0. The van der Waals surface area contributed by atoms with E-state index in [1.165, 1.54) is 12.3 Å². The van der Waals surface area contributed by atoms with Gasteiger partial charge in [-0.15, -0.1) is 0 Å². The van der Waals surface area contributed by atoms with Gasteiger partial charge in [0.25, 0.3) is 0 Å². The van der Waals surface area contributed by atoms with Crippen LogP contribution in [0.5, 0.6) is 0 Å². The molecule has 0 bridgehead atoms. The van der Waals surface area contributed by atoms with E-state index in [-0.39, 0.29) is 17.4 Å². The van der Waals surface area contributed by atoms with E-state index < -0.39 is 21.5 Å². The lowest BCUT2D eigenvalue weighted by molar-refractivity contribution is 0.464. The molecule has 20 heavy (non-hydrogen) atoms. The Morgan fingerprint density at radius 2 is 2.00 bits per heavy atom. The van der Waals surface area contributed by atoms with Crippen molar-refractivity contribution in [3.63, 3.8) is 0 Å². The van der Waals surface area contributed by atoms with E-state index in [0.717, 1.165) is 18.6 Å². The van der Waals surface area contributed by atoms with Crippen LogP contribution in [0.4, 0.5) is 8.78 Å². The summed E-state index contributed by atoms with van der Waals surface area (Å²) in [6, 6.07) is 2.98. The fourth-order valence-corrected chi connectivity index (χ4v) is 2.71. The quantitative estimate of drug-likeness (QED) is 0.803. The molecule has 1 aromatic rings. The van der Waals surface area contributed by atoms with Gasteiger partial charge in [0.2, 0.25) is 0 Å². The van der Waals surface area contributed by atoms with Crippen LogP contribution in [0.2, 0.25) is 0 Å². The molecular weight excluding hydrogens is 284 g/mol. The van der Waals surface area contributed by atoms with Gasteiger partial charge in [0.15, 0.2) is 0 Å². The van der Waals surface area contributed by atoms with Crippen molar-refractivity contribution < 1.29 is 17.2 Å². The molecule has 0 aromatic heterocycles. The van der Waals surface area contributed by atoms with Crippen molar-refractivity contribution in [2.75, 3.05) is 18.6 Å². The Morgan fingerprint density at radius 3 is 2.60 bits per heavy atom. The minimum atomic E-state index is -3.04. The van der Waals surface area contributed by atoms with Gasteiger partial charge < -0.3 is 5.32 Å². The molecule has 0 saturated carbocycles. The average Bonchev–Trinajstić information content (AvgIpc) is 2.35. The van der Waals surface area contributed by atoms with Gasteiger partial charge in [-0.25, -0.2) is 17.2 Å². The molecule has 1 aromatic carbocycles. The van der Waals surface area contributed by atoms with Gasteiger partial charge in [-0.1, -0.05) is 6.92 Å². The molecule has 0 fully saturated rings. The number of hydrogen-bond donors (Lipinski definition) is 1. The Labute approximate surface area is 119 Å². The van der Waals surface area contributed by atoms with Gasteiger partial charge in [0, 0.05) is 23.6 Å². The van der Waals surface area contributed by atoms with E-state index >= 15 is 0 Å². The Kier molecular flexibility index (Phi) is 6.55. The molecule has 0 radical (unpaired) electrons. The summed E-state index contributed by atoms with van der Waals surface area (Å²) in [5.41, 5.74) is 0.256. The lowest BCUT2D eigenvalue weighted by atomic mass is 10.0. The predicted octanol–water partition coefficient (Wildman–Crippen LogP) is 2.83. The van der Waals surface area contributed by atoms with Crippen LogP contribution in [0, 0.1) is 11.6 Å². The molecule has 0 amide bonds. The lowest BCUT2D eigenvalue weighted by Crippen LogP contribution is -2.24. The van der Waals surface area contributed by atoms with Crippen molar-refractivity contribution in [3.05, 3.63) is 35.4 Å². The molecule has 0 aliphatic heterocycles. The topological polar surface area (TPSA) is 46.2 Å². The first kappa shape index (κ1) is 17.0. The van der Waals surface area contributed by atoms with E-state index in [0.29, 0.717) is 19.4 Å². The first-order valence-electron chi connectivity index (χ1n) is 6.69. The maximum atomic E-state index is 13.8. The van der Waals surface area contributed by atoms with Crippen molar-refractivity contribution in [2.45, 2.75) is 32.2 Å². The third-order valence-corrected chi connectivity index (χ3v) is 4.01. The third kappa shape index (κ3) is 5.96. The molecule has 1 atom stereocenters. The van der Waals surface area contributed by atoms with Crippen LogP contribution < -0.4 is 5.32 Å². The Balaban J connectivity index is 2.80. The SMILES string of the molecule is CCCNC(CCCS(C)(=O)=O)c1cc(F)ccc1F. The Hall–Kier alpha value is -1.01. The van der Waals surface area contributed by atoms with Crippen LogP contribution in [0.15, 0.2) is 18.2 Å². The Morgan fingerprint density at radius 1 is 1.30 bits per heavy atom. The van der Waals surface area contributed by atoms with E-state index in [1.807, 2.05) is 6.92 Å². The minimum Gasteiger partial charge on any atom is -0.310 e. The highest BCUT2D eigenvalue weighted by Gasteiger charge is 2.16. The van der Waals surface area contributed by atoms with Gasteiger partial charge in [-0.2, -0.15) is 0 Å². The van der Waals surface area contributed by atoms with Gasteiger partial charge >= 0.3 is 0 Å². The zero-order chi connectivity index (χ0) is 15.2. The van der Waals surface area contributed by atoms with Crippen LogP contribution >= 0.6 is 0 Å². The zero-order valence-corrected chi connectivity index (χ0v) is 12.6. The highest BCUT2D eigenvalue weighted by Crippen LogP contribution is 2.23. The fourth-order valence-electron chi connectivity index (χ4n) is 2.02. The molecule has 0 heterocycles. The van der Waals surface area contributed by atoms with Crippen molar-refractivity contribution in [2.24, 2.45) is 0 Å². The second-order valence-electron chi connectivity index (χ2n) is 4.94. The predicted molar refractivity (Wildman–Crippen MR) is 76.3 cm³/mol. The highest BCUT2D eigenvalue weighted by molar-refractivity contribution is 7.90. The molecule has 114 valence electrons. The van der Waals surface area contributed by atoms with Crippen LogP contribution in [0.25, 0.3) is 0 Å². The maximum absolute atomic E-state index is 13.8. The number of benzene rings is 1. The molecule has 1 rings (SSSR count). The van der Waals surface area contributed by atoms with Crippen molar-refractivity contribution in [3.8, 4) is 0 Å². The second-order valence-corrected chi connectivity index (χ2v) is 7.20. The molecule has 3 nitrogen and oxygen atoms in total. The first-order valence-corrected chi connectivity index (χ1v) is 8.75. The molecule has 0 aliphatic rings. The van der Waals surface area contributed by atoms with Crippen molar-refractivity contribution >= 4 is 9.84 Å². The van der Waals surface area contributed by atoms with Crippen molar-refractivity contribution in [1.29, 1.82) is 0 Å². The van der Waals surface area contributed by atoms with Crippen LogP contribution in [0.1, 0.15) is 37.8 Å². The minimum absolute atomic E-state index is 0.0498. The van der Waals surface area contributed by atoms with Gasteiger partial charge in [0.05, 0.1) is 0 Å². The Bertz CT molecular complexity index is 532. The zero-order valence-electron chi connectivity index (χ0n) is 11.8. The molecule has 1 N–H and O–H groups in total. The number of hydrogen-bond acceptors (Lipinski definition) is 3. The summed E-state index contributed by atoms with van der Waals surface area (Å²) in [6.45, 7) is 2.64. The van der Waals surface area contributed by atoms with E-state index in [1.54, 1.807) is 0 Å².